The van der Waals surface area contributed by atoms with Crippen LogP contribution in [0.25, 0.3) is 16.3 Å². The Morgan fingerprint density at radius 2 is 2.08 bits per heavy atom. The molecule has 4 rings (SSSR count). The van der Waals surface area contributed by atoms with Crippen LogP contribution < -0.4 is 5.32 Å². The van der Waals surface area contributed by atoms with E-state index >= 15 is 0 Å². The Balaban J connectivity index is 1.47. The smallest absolute Gasteiger partial charge is 0.286 e. The summed E-state index contributed by atoms with van der Waals surface area (Å²) >= 11 is 1.54. The number of benzene rings is 1. The summed E-state index contributed by atoms with van der Waals surface area (Å²) in [7, 11) is 0. The van der Waals surface area contributed by atoms with Crippen molar-refractivity contribution in [2.45, 2.75) is 6.42 Å². The van der Waals surface area contributed by atoms with Gasteiger partial charge in [0.25, 0.3) is 5.91 Å². The minimum atomic E-state index is -0.213. The molecule has 1 aromatic carbocycles. The lowest BCUT2D eigenvalue weighted by Crippen LogP contribution is -2.25. The molecule has 3 aromatic heterocycles. The van der Waals surface area contributed by atoms with Crippen molar-refractivity contribution in [3.63, 3.8) is 0 Å². The number of carbonyl (C=O) groups excluding carboxylic acids is 1. The maximum absolute atomic E-state index is 11.8. The fraction of sp³-hybridized carbons (Fsp3) is 0.118. The van der Waals surface area contributed by atoms with Crippen LogP contribution >= 0.6 is 11.3 Å². The van der Waals surface area contributed by atoms with Crippen molar-refractivity contribution >= 4 is 22.2 Å². The van der Waals surface area contributed by atoms with Gasteiger partial charge >= 0.3 is 0 Å². The number of nitrogens with zero attached hydrogens (tertiary/aromatic N) is 3. The Kier molecular flexibility index (Phi) is 3.84. The molecule has 0 bridgehead atoms. The normalized spacial score (nSPS) is 11.0. The zero-order chi connectivity index (χ0) is 16.4. The molecule has 0 saturated heterocycles. The van der Waals surface area contributed by atoms with E-state index in [0.29, 0.717) is 24.6 Å². The van der Waals surface area contributed by atoms with Crippen LogP contribution in [0.1, 0.15) is 16.2 Å². The number of fused-ring (bicyclic) bond motifs is 1. The molecule has 4 aromatic rings. The first-order valence-electron chi connectivity index (χ1n) is 7.51. The summed E-state index contributed by atoms with van der Waals surface area (Å²) in [5, 5.41) is 9.43. The van der Waals surface area contributed by atoms with Crippen LogP contribution in [0.2, 0.25) is 0 Å². The van der Waals surface area contributed by atoms with E-state index in [2.05, 4.69) is 15.4 Å². The molecule has 0 radical (unpaired) electrons. The number of rotatable bonds is 5. The van der Waals surface area contributed by atoms with E-state index in [0.717, 1.165) is 16.2 Å². The number of furan rings is 1. The molecular formula is C17H14N4O2S. The molecule has 1 amide bonds. The predicted octanol–water partition coefficient (Wildman–Crippen LogP) is 3.02. The van der Waals surface area contributed by atoms with Gasteiger partial charge in [-0.2, -0.15) is 4.98 Å². The maximum Gasteiger partial charge on any atom is 0.286 e. The standard InChI is InChI=1S/C17H14N4O2S/c22-16(14-7-4-10-23-14)18-9-8-13-11-24-17-19-15(20-21(13)17)12-5-2-1-3-6-12/h1-7,10-11H,8-9H2,(H,18,22). The molecule has 0 atom stereocenters. The number of hydrogen-bond acceptors (Lipinski definition) is 5. The van der Waals surface area contributed by atoms with Gasteiger partial charge in [-0.25, -0.2) is 4.52 Å². The lowest BCUT2D eigenvalue weighted by molar-refractivity contribution is 0.0926. The van der Waals surface area contributed by atoms with E-state index < -0.39 is 0 Å². The first kappa shape index (κ1) is 14.6. The third-order valence-corrected chi connectivity index (χ3v) is 4.46. The highest BCUT2D eigenvalue weighted by atomic mass is 32.1. The summed E-state index contributed by atoms with van der Waals surface area (Å²) in [6.45, 7) is 0.506. The topological polar surface area (TPSA) is 72.4 Å². The molecule has 1 N–H and O–H groups in total. The molecule has 0 aliphatic heterocycles. The summed E-state index contributed by atoms with van der Waals surface area (Å²) in [6.07, 6.45) is 2.15. The quantitative estimate of drug-likeness (QED) is 0.607. The monoisotopic (exact) mass is 338 g/mol. The van der Waals surface area contributed by atoms with E-state index in [1.54, 1.807) is 23.5 Å². The molecule has 0 aliphatic rings. The number of carbonyl (C=O) groups is 1. The zero-order valence-electron chi connectivity index (χ0n) is 12.7. The van der Waals surface area contributed by atoms with Crippen LogP contribution in [0.15, 0.2) is 58.5 Å². The molecule has 3 heterocycles. The first-order valence-corrected chi connectivity index (χ1v) is 8.39. The van der Waals surface area contributed by atoms with Gasteiger partial charge in [0.05, 0.1) is 12.0 Å². The number of thiazole rings is 1. The average molecular weight is 338 g/mol. The minimum Gasteiger partial charge on any atom is -0.459 e. The summed E-state index contributed by atoms with van der Waals surface area (Å²) in [5.41, 5.74) is 2.01. The van der Waals surface area contributed by atoms with Gasteiger partial charge in [0.2, 0.25) is 4.96 Å². The highest BCUT2D eigenvalue weighted by Crippen LogP contribution is 2.20. The number of aromatic nitrogens is 3. The fourth-order valence-electron chi connectivity index (χ4n) is 2.41. The van der Waals surface area contributed by atoms with E-state index in [1.807, 2.05) is 40.2 Å². The van der Waals surface area contributed by atoms with Crippen molar-refractivity contribution in [2.75, 3.05) is 6.54 Å². The van der Waals surface area contributed by atoms with E-state index in [9.17, 15) is 4.79 Å². The fourth-order valence-corrected chi connectivity index (χ4v) is 3.26. The van der Waals surface area contributed by atoms with Gasteiger partial charge in [-0.15, -0.1) is 16.4 Å². The van der Waals surface area contributed by atoms with Crippen molar-refractivity contribution in [3.8, 4) is 11.4 Å². The molecule has 24 heavy (non-hydrogen) atoms. The lowest BCUT2D eigenvalue weighted by atomic mass is 10.2. The van der Waals surface area contributed by atoms with Crippen LogP contribution in [-0.4, -0.2) is 27.0 Å². The molecule has 6 nitrogen and oxygen atoms in total. The minimum absolute atomic E-state index is 0.213. The van der Waals surface area contributed by atoms with Crippen molar-refractivity contribution < 1.29 is 9.21 Å². The molecule has 120 valence electrons. The molecule has 0 fully saturated rings. The summed E-state index contributed by atoms with van der Waals surface area (Å²) < 4.78 is 6.91. The summed E-state index contributed by atoms with van der Waals surface area (Å²) in [4.78, 5) is 17.3. The molecule has 0 spiro atoms. The maximum atomic E-state index is 11.8. The largest absolute Gasteiger partial charge is 0.459 e. The summed E-state index contributed by atoms with van der Waals surface area (Å²) in [5.74, 6) is 0.816. The first-order chi connectivity index (χ1) is 11.8. The van der Waals surface area contributed by atoms with Crippen molar-refractivity contribution in [2.24, 2.45) is 0 Å². The number of nitrogens with one attached hydrogen (secondary N) is 1. The van der Waals surface area contributed by atoms with E-state index in [4.69, 9.17) is 4.42 Å². The molecular weight excluding hydrogens is 324 g/mol. The Bertz CT molecular complexity index is 957. The van der Waals surface area contributed by atoms with Gasteiger partial charge in [0.15, 0.2) is 11.6 Å². The Morgan fingerprint density at radius 3 is 2.88 bits per heavy atom. The molecule has 7 heteroatoms. The molecule has 0 unspecified atom stereocenters. The Morgan fingerprint density at radius 1 is 1.21 bits per heavy atom. The van der Waals surface area contributed by atoms with Crippen LogP contribution in [0.3, 0.4) is 0 Å². The van der Waals surface area contributed by atoms with Gasteiger partial charge < -0.3 is 9.73 Å². The lowest BCUT2D eigenvalue weighted by Gasteiger charge is -2.02. The second-order valence-electron chi connectivity index (χ2n) is 5.21. The number of amides is 1. The SMILES string of the molecule is O=C(NCCc1csc2nc(-c3ccccc3)nn12)c1ccco1. The molecule has 0 saturated carbocycles. The molecule has 0 aliphatic carbocycles. The third kappa shape index (κ3) is 2.81. The van der Waals surface area contributed by atoms with Crippen molar-refractivity contribution in [3.05, 3.63) is 65.6 Å². The van der Waals surface area contributed by atoms with Gasteiger partial charge in [-0.05, 0) is 12.1 Å². The van der Waals surface area contributed by atoms with Gasteiger partial charge in [0.1, 0.15) is 0 Å². The van der Waals surface area contributed by atoms with Gasteiger partial charge in [-0.1, -0.05) is 30.3 Å². The highest BCUT2D eigenvalue weighted by Gasteiger charge is 2.12. The average Bonchev–Trinajstić information content (AvgIpc) is 3.33. The second kappa shape index (κ2) is 6.29. The zero-order valence-corrected chi connectivity index (χ0v) is 13.5. The van der Waals surface area contributed by atoms with Gasteiger partial charge in [-0.3, -0.25) is 4.79 Å². The predicted molar refractivity (Wildman–Crippen MR) is 91.0 cm³/mol. The number of hydrogen-bond donors (Lipinski definition) is 1. The second-order valence-corrected chi connectivity index (χ2v) is 6.04. The van der Waals surface area contributed by atoms with E-state index in [1.165, 1.54) is 6.26 Å². The van der Waals surface area contributed by atoms with Crippen LogP contribution in [0, 0.1) is 0 Å². The highest BCUT2D eigenvalue weighted by molar-refractivity contribution is 7.15. The van der Waals surface area contributed by atoms with E-state index in [-0.39, 0.29) is 5.91 Å². The van der Waals surface area contributed by atoms with Gasteiger partial charge in [0, 0.05) is 23.9 Å². The van der Waals surface area contributed by atoms with Crippen molar-refractivity contribution in [1.29, 1.82) is 0 Å². The van der Waals surface area contributed by atoms with Crippen molar-refractivity contribution in [1.82, 2.24) is 19.9 Å². The third-order valence-electron chi connectivity index (χ3n) is 3.59. The van der Waals surface area contributed by atoms with Crippen LogP contribution in [0.4, 0.5) is 0 Å². The summed E-state index contributed by atoms with van der Waals surface area (Å²) in [6, 6.07) is 13.2. The Hall–Kier alpha value is -2.93. The van der Waals surface area contributed by atoms with Crippen LogP contribution in [-0.2, 0) is 6.42 Å². The Labute approximate surface area is 141 Å². The van der Waals surface area contributed by atoms with Crippen LogP contribution in [0.5, 0.6) is 0 Å².